The van der Waals surface area contributed by atoms with Crippen molar-refractivity contribution in [1.29, 1.82) is 0 Å². The lowest BCUT2D eigenvalue weighted by atomic mass is 9.97. The number of aromatic nitrogens is 6. The van der Waals surface area contributed by atoms with Crippen LogP contribution in [-0.4, -0.2) is 86.5 Å². The number of aromatic amines is 1. The number of aryl methyl sites for hydroxylation is 1. The van der Waals surface area contributed by atoms with Crippen molar-refractivity contribution in [2.24, 2.45) is 0 Å². The normalized spacial score (nSPS) is 14.6. The van der Waals surface area contributed by atoms with Gasteiger partial charge >= 0.3 is 0 Å². The van der Waals surface area contributed by atoms with Crippen molar-refractivity contribution < 1.29 is 9.53 Å². The standard InChI is InChI=1S/C28H39N9O2S/c1-7-35(8-2)15-22(38)32-20-9-11-36(12-10-20)28-18(5)31-27(40-28)25-23(17(3)4)24(33-34-25)19-13-21(39-6)26-29-16-30-37(26)14-19/h13-14,16-17,20H,7-12,15H2,1-6H3,(H,32,38)(H,33,34). The number of rotatable bonds is 10. The first-order valence-electron chi connectivity index (χ1n) is 14.0. The Kier molecular flexibility index (Phi) is 8.36. The Morgan fingerprint density at radius 3 is 2.70 bits per heavy atom. The van der Waals surface area contributed by atoms with Crippen molar-refractivity contribution in [3.8, 4) is 27.7 Å². The quantitative estimate of drug-likeness (QED) is 0.295. The minimum Gasteiger partial charge on any atom is -0.493 e. The van der Waals surface area contributed by atoms with Gasteiger partial charge in [-0.05, 0) is 44.8 Å². The highest BCUT2D eigenvalue weighted by molar-refractivity contribution is 7.19. The summed E-state index contributed by atoms with van der Waals surface area (Å²) in [7, 11) is 1.63. The van der Waals surface area contributed by atoms with Gasteiger partial charge in [0.1, 0.15) is 16.3 Å². The molecule has 0 atom stereocenters. The van der Waals surface area contributed by atoms with Crippen LogP contribution in [0.5, 0.6) is 5.75 Å². The van der Waals surface area contributed by atoms with E-state index in [9.17, 15) is 4.79 Å². The molecule has 1 saturated heterocycles. The van der Waals surface area contributed by atoms with Crippen LogP contribution in [0.3, 0.4) is 0 Å². The Labute approximate surface area is 239 Å². The molecule has 1 fully saturated rings. The number of nitrogens with zero attached hydrogens (tertiary/aromatic N) is 7. The van der Waals surface area contributed by atoms with E-state index < -0.39 is 0 Å². The predicted molar refractivity (Wildman–Crippen MR) is 158 cm³/mol. The summed E-state index contributed by atoms with van der Waals surface area (Å²) in [6.45, 7) is 14.6. The number of fused-ring (bicyclic) bond motifs is 1. The SMILES string of the molecule is CCN(CC)CC(=O)NC1CCN(c2sc(-c3[nH]nc(-c4cc(OC)c5ncnn5c4)c3C(C)C)nc2C)CC1. The summed E-state index contributed by atoms with van der Waals surface area (Å²) in [5.41, 5.74) is 5.49. The summed E-state index contributed by atoms with van der Waals surface area (Å²) in [6.07, 6.45) is 5.30. The summed E-state index contributed by atoms with van der Waals surface area (Å²) in [6, 6.07) is 2.17. The first-order chi connectivity index (χ1) is 19.3. The molecule has 0 saturated carbocycles. The number of piperidine rings is 1. The molecule has 1 aliphatic heterocycles. The monoisotopic (exact) mass is 565 g/mol. The van der Waals surface area contributed by atoms with Gasteiger partial charge in [0.05, 0.1) is 30.7 Å². The number of pyridine rings is 1. The lowest BCUT2D eigenvalue weighted by Gasteiger charge is -2.33. The molecule has 11 nitrogen and oxygen atoms in total. The lowest BCUT2D eigenvalue weighted by Crippen LogP contribution is -2.47. The van der Waals surface area contributed by atoms with Crippen LogP contribution in [0.15, 0.2) is 18.6 Å². The van der Waals surface area contributed by atoms with E-state index in [0.717, 1.165) is 72.2 Å². The predicted octanol–water partition coefficient (Wildman–Crippen LogP) is 4.11. The number of hydrogen-bond donors (Lipinski definition) is 2. The largest absolute Gasteiger partial charge is 0.493 e. The van der Waals surface area contributed by atoms with Gasteiger partial charge in [-0.15, -0.1) is 0 Å². The maximum Gasteiger partial charge on any atom is 0.234 e. The van der Waals surface area contributed by atoms with Gasteiger partial charge in [0, 0.05) is 36.5 Å². The first-order valence-corrected chi connectivity index (χ1v) is 14.8. The summed E-state index contributed by atoms with van der Waals surface area (Å²) in [4.78, 5) is 26.3. The van der Waals surface area contributed by atoms with Crippen molar-refractivity contribution in [3.63, 3.8) is 0 Å². The molecular formula is C28H39N9O2S. The van der Waals surface area contributed by atoms with E-state index in [4.69, 9.17) is 14.8 Å². The number of thiazole rings is 1. The van der Waals surface area contributed by atoms with Gasteiger partial charge in [0.25, 0.3) is 0 Å². The third-order valence-electron chi connectivity index (χ3n) is 7.61. The average molecular weight is 566 g/mol. The van der Waals surface area contributed by atoms with Crippen LogP contribution in [0.25, 0.3) is 27.6 Å². The van der Waals surface area contributed by atoms with Gasteiger partial charge in [-0.1, -0.05) is 39.0 Å². The van der Waals surface area contributed by atoms with Crippen LogP contribution >= 0.6 is 11.3 Å². The number of hydrogen-bond acceptors (Lipinski definition) is 9. The van der Waals surface area contributed by atoms with E-state index in [0.29, 0.717) is 17.9 Å². The molecule has 5 heterocycles. The first kappa shape index (κ1) is 28.0. The zero-order valence-corrected chi connectivity index (χ0v) is 25.0. The number of ether oxygens (including phenoxy) is 1. The zero-order chi connectivity index (χ0) is 28.4. The van der Waals surface area contributed by atoms with Crippen LogP contribution in [0.4, 0.5) is 5.00 Å². The van der Waals surface area contributed by atoms with Gasteiger partial charge < -0.3 is 15.0 Å². The Hall–Kier alpha value is -3.51. The van der Waals surface area contributed by atoms with Crippen molar-refractivity contribution in [3.05, 3.63) is 29.8 Å². The number of carbonyl (C=O) groups excluding carboxylic acids is 1. The summed E-state index contributed by atoms with van der Waals surface area (Å²) in [5.74, 6) is 0.981. The molecule has 40 heavy (non-hydrogen) atoms. The van der Waals surface area contributed by atoms with E-state index >= 15 is 0 Å². The number of nitrogens with one attached hydrogen (secondary N) is 2. The smallest absolute Gasteiger partial charge is 0.234 e. The molecule has 2 N–H and O–H groups in total. The van der Waals surface area contributed by atoms with Crippen LogP contribution in [0.1, 0.15) is 57.7 Å². The van der Waals surface area contributed by atoms with E-state index in [-0.39, 0.29) is 17.9 Å². The molecule has 1 aliphatic rings. The van der Waals surface area contributed by atoms with E-state index in [1.54, 1.807) is 23.0 Å². The Morgan fingerprint density at radius 2 is 2.02 bits per heavy atom. The Bertz CT molecular complexity index is 1460. The van der Waals surface area contributed by atoms with Crippen molar-refractivity contribution in [1.82, 2.24) is 40.0 Å². The minimum atomic E-state index is 0.121. The Morgan fingerprint density at radius 1 is 1.27 bits per heavy atom. The topological polar surface area (TPSA) is 117 Å². The Balaban J connectivity index is 1.34. The molecule has 0 radical (unpaired) electrons. The molecule has 4 aromatic heterocycles. The molecule has 0 unspecified atom stereocenters. The van der Waals surface area contributed by atoms with Gasteiger partial charge in [-0.25, -0.2) is 14.5 Å². The second kappa shape index (κ2) is 11.9. The molecule has 4 aromatic rings. The maximum atomic E-state index is 12.5. The zero-order valence-electron chi connectivity index (χ0n) is 24.2. The number of H-pyrrole nitrogens is 1. The highest BCUT2D eigenvalue weighted by Crippen LogP contribution is 2.41. The fourth-order valence-corrected chi connectivity index (χ4v) is 6.54. The van der Waals surface area contributed by atoms with E-state index in [1.807, 2.05) is 12.3 Å². The van der Waals surface area contributed by atoms with E-state index in [2.05, 4.69) is 64.9 Å². The molecule has 0 bridgehead atoms. The minimum absolute atomic E-state index is 0.121. The second-order valence-electron chi connectivity index (χ2n) is 10.5. The second-order valence-corrected chi connectivity index (χ2v) is 11.5. The summed E-state index contributed by atoms with van der Waals surface area (Å²) < 4.78 is 7.30. The van der Waals surface area contributed by atoms with Crippen LogP contribution in [0, 0.1) is 6.92 Å². The fraction of sp³-hybridized carbons (Fsp3) is 0.536. The average Bonchev–Trinajstić information content (AvgIpc) is 3.69. The molecule has 0 spiro atoms. The third-order valence-corrected chi connectivity index (χ3v) is 8.85. The van der Waals surface area contributed by atoms with Crippen LogP contribution in [0.2, 0.25) is 0 Å². The number of methoxy groups -OCH3 is 1. The highest BCUT2D eigenvalue weighted by Gasteiger charge is 2.27. The summed E-state index contributed by atoms with van der Waals surface area (Å²) in [5, 5.41) is 17.7. The number of anilines is 1. The third kappa shape index (κ3) is 5.55. The highest BCUT2D eigenvalue weighted by atomic mass is 32.1. The molecule has 214 valence electrons. The number of likely N-dealkylation sites (N-methyl/N-ethyl adjacent to an activating group) is 1. The van der Waals surface area contributed by atoms with Gasteiger partial charge in [-0.2, -0.15) is 10.2 Å². The van der Waals surface area contributed by atoms with Crippen LogP contribution in [-0.2, 0) is 4.79 Å². The van der Waals surface area contributed by atoms with Crippen molar-refractivity contribution in [2.75, 3.05) is 44.7 Å². The van der Waals surface area contributed by atoms with Gasteiger partial charge in [0.2, 0.25) is 5.91 Å². The lowest BCUT2D eigenvalue weighted by molar-refractivity contribution is -0.123. The fourth-order valence-electron chi connectivity index (χ4n) is 5.41. The van der Waals surface area contributed by atoms with Gasteiger partial charge in [0.15, 0.2) is 11.4 Å². The molecule has 5 rings (SSSR count). The number of carbonyl (C=O) groups is 1. The molecule has 0 aromatic carbocycles. The van der Waals surface area contributed by atoms with Gasteiger partial charge in [-0.3, -0.25) is 14.8 Å². The maximum absolute atomic E-state index is 12.5. The van der Waals surface area contributed by atoms with Crippen molar-refractivity contribution >= 4 is 27.9 Å². The molecular weight excluding hydrogens is 526 g/mol. The molecule has 12 heteroatoms. The number of amides is 1. The van der Waals surface area contributed by atoms with Crippen molar-refractivity contribution in [2.45, 2.75) is 59.4 Å². The molecule has 0 aliphatic carbocycles. The summed E-state index contributed by atoms with van der Waals surface area (Å²) >= 11 is 1.70. The molecule has 1 amide bonds. The van der Waals surface area contributed by atoms with E-state index in [1.165, 1.54) is 11.3 Å². The van der Waals surface area contributed by atoms with Crippen LogP contribution < -0.4 is 15.0 Å².